The lowest BCUT2D eigenvalue weighted by Crippen LogP contribution is -2.43. The summed E-state index contributed by atoms with van der Waals surface area (Å²) in [6.45, 7) is 5.34. The Morgan fingerprint density at radius 1 is 1.44 bits per heavy atom. The molecule has 0 saturated heterocycles. The minimum atomic E-state index is -0.799. The molecular weight excluding hydrogens is 230 g/mol. The summed E-state index contributed by atoms with van der Waals surface area (Å²) in [5, 5.41) is 13.3. The molecule has 1 heterocycles. The fraction of sp³-hybridized carbons (Fsp3) is 0.615. The number of ether oxygens (including phenoxy) is 1. The van der Waals surface area contributed by atoms with Gasteiger partial charge in [-0.1, -0.05) is 6.07 Å². The summed E-state index contributed by atoms with van der Waals surface area (Å²) < 4.78 is 5.32. The van der Waals surface area contributed by atoms with Crippen LogP contribution < -0.4 is 10.1 Å². The number of pyridine rings is 1. The molecule has 102 valence electrons. The number of likely N-dealkylation sites (N-methyl/N-ethyl adjacent to an activating group) is 1. The van der Waals surface area contributed by atoms with Crippen LogP contribution in [0, 0.1) is 0 Å². The number of hydrogen-bond donors (Lipinski definition) is 2. The van der Waals surface area contributed by atoms with Crippen molar-refractivity contribution in [1.29, 1.82) is 0 Å². The van der Waals surface area contributed by atoms with E-state index in [-0.39, 0.29) is 0 Å². The molecule has 1 atom stereocenters. The molecule has 0 fully saturated rings. The number of hydrogen-bond acceptors (Lipinski definition) is 5. The van der Waals surface area contributed by atoms with Gasteiger partial charge in [-0.05, 0) is 34.0 Å². The fourth-order valence-corrected chi connectivity index (χ4v) is 1.76. The third-order valence-electron chi connectivity index (χ3n) is 2.32. The Balaban J connectivity index is 2.54. The topological polar surface area (TPSA) is 57.6 Å². The first-order valence-electron chi connectivity index (χ1n) is 6.14. The maximum Gasteiger partial charge on any atom is 0.215 e. The molecule has 0 aliphatic carbocycles. The van der Waals surface area contributed by atoms with Crippen molar-refractivity contribution >= 4 is 5.82 Å². The Morgan fingerprint density at radius 3 is 2.78 bits per heavy atom. The maximum atomic E-state index is 10.2. The summed E-state index contributed by atoms with van der Waals surface area (Å²) in [5.41, 5.74) is -0.799. The van der Waals surface area contributed by atoms with E-state index in [1.807, 2.05) is 44.1 Å². The van der Waals surface area contributed by atoms with Gasteiger partial charge in [0.25, 0.3) is 0 Å². The zero-order chi connectivity index (χ0) is 13.6. The van der Waals surface area contributed by atoms with Crippen molar-refractivity contribution in [3.05, 3.63) is 18.2 Å². The zero-order valence-corrected chi connectivity index (χ0v) is 11.6. The summed E-state index contributed by atoms with van der Waals surface area (Å²) in [5.74, 6) is 1.30. The molecule has 2 N–H and O–H groups in total. The Morgan fingerprint density at radius 2 is 2.17 bits per heavy atom. The Bertz CT molecular complexity index is 367. The molecule has 5 heteroatoms. The van der Waals surface area contributed by atoms with Gasteiger partial charge in [0.15, 0.2) is 0 Å². The lowest BCUT2D eigenvalue weighted by atomic mass is 10.1. The number of aromatic nitrogens is 1. The summed E-state index contributed by atoms with van der Waals surface area (Å²) in [6, 6.07) is 5.54. The molecule has 0 amide bonds. The first kappa shape index (κ1) is 14.7. The van der Waals surface area contributed by atoms with Crippen molar-refractivity contribution in [3.8, 4) is 5.88 Å². The van der Waals surface area contributed by atoms with Crippen LogP contribution in [-0.2, 0) is 0 Å². The van der Waals surface area contributed by atoms with Crippen molar-refractivity contribution < 1.29 is 9.84 Å². The average molecular weight is 253 g/mol. The van der Waals surface area contributed by atoms with E-state index in [9.17, 15) is 5.11 Å². The van der Waals surface area contributed by atoms with Crippen LogP contribution in [0.1, 0.15) is 13.8 Å². The molecule has 0 bridgehead atoms. The number of nitrogens with zero attached hydrogens (tertiary/aromatic N) is 2. The normalized spacial score (nSPS) is 14.3. The SMILES string of the molecule is CCOc1cccc(NCC(C)(O)CN(C)C)n1. The van der Waals surface area contributed by atoms with Gasteiger partial charge in [-0.25, -0.2) is 0 Å². The largest absolute Gasteiger partial charge is 0.478 e. The third kappa shape index (κ3) is 5.33. The predicted octanol–water partition coefficient (Wildman–Crippen LogP) is 1.20. The highest BCUT2D eigenvalue weighted by Gasteiger charge is 2.21. The van der Waals surface area contributed by atoms with Crippen LogP contribution in [-0.4, -0.2) is 54.4 Å². The van der Waals surface area contributed by atoms with Gasteiger partial charge in [-0.2, -0.15) is 4.98 Å². The number of anilines is 1. The molecule has 1 aromatic heterocycles. The van der Waals surface area contributed by atoms with Crippen LogP contribution in [0.5, 0.6) is 5.88 Å². The molecule has 0 aromatic carbocycles. The van der Waals surface area contributed by atoms with Gasteiger partial charge < -0.3 is 20.1 Å². The Labute approximate surface area is 109 Å². The molecule has 0 aliphatic rings. The zero-order valence-electron chi connectivity index (χ0n) is 11.6. The quantitative estimate of drug-likeness (QED) is 0.765. The van der Waals surface area contributed by atoms with Crippen LogP contribution >= 0.6 is 0 Å². The maximum absolute atomic E-state index is 10.2. The van der Waals surface area contributed by atoms with Gasteiger partial charge in [0.05, 0.1) is 12.2 Å². The third-order valence-corrected chi connectivity index (χ3v) is 2.32. The van der Waals surface area contributed by atoms with Gasteiger partial charge in [0, 0.05) is 19.2 Å². The van der Waals surface area contributed by atoms with Crippen LogP contribution in [0.3, 0.4) is 0 Å². The van der Waals surface area contributed by atoms with Crippen molar-refractivity contribution in [2.24, 2.45) is 0 Å². The Kier molecular flexibility index (Phi) is 5.37. The van der Waals surface area contributed by atoms with E-state index in [1.165, 1.54) is 0 Å². The van der Waals surface area contributed by atoms with Gasteiger partial charge in [0.1, 0.15) is 5.82 Å². The van der Waals surface area contributed by atoms with Gasteiger partial charge in [0.2, 0.25) is 5.88 Å². The van der Waals surface area contributed by atoms with E-state index in [1.54, 1.807) is 6.92 Å². The number of aliphatic hydroxyl groups is 1. The van der Waals surface area contributed by atoms with Crippen molar-refractivity contribution in [3.63, 3.8) is 0 Å². The van der Waals surface area contributed by atoms with Crippen LogP contribution in [0.4, 0.5) is 5.82 Å². The summed E-state index contributed by atoms with van der Waals surface area (Å²) in [6.07, 6.45) is 0. The molecule has 1 unspecified atom stereocenters. The molecule has 0 saturated carbocycles. The first-order valence-corrected chi connectivity index (χ1v) is 6.14. The smallest absolute Gasteiger partial charge is 0.215 e. The summed E-state index contributed by atoms with van der Waals surface area (Å²) in [7, 11) is 3.87. The van der Waals surface area contributed by atoms with E-state index in [2.05, 4.69) is 10.3 Å². The second kappa shape index (κ2) is 6.56. The summed E-state index contributed by atoms with van der Waals surface area (Å²) in [4.78, 5) is 6.24. The van der Waals surface area contributed by atoms with E-state index < -0.39 is 5.60 Å². The monoisotopic (exact) mass is 253 g/mol. The predicted molar refractivity (Wildman–Crippen MR) is 73.1 cm³/mol. The van der Waals surface area contributed by atoms with Gasteiger partial charge in [-0.3, -0.25) is 0 Å². The average Bonchev–Trinajstić information content (AvgIpc) is 2.26. The molecule has 5 nitrogen and oxygen atoms in total. The second-order valence-corrected chi connectivity index (χ2v) is 4.88. The lowest BCUT2D eigenvalue weighted by molar-refractivity contribution is 0.0459. The van der Waals surface area contributed by atoms with Crippen LogP contribution in [0.25, 0.3) is 0 Å². The van der Waals surface area contributed by atoms with E-state index in [0.29, 0.717) is 31.4 Å². The van der Waals surface area contributed by atoms with Crippen LogP contribution in [0.15, 0.2) is 18.2 Å². The van der Waals surface area contributed by atoms with Gasteiger partial charge >= 0.3 is 0 Å². The first-order chi connectivity index (χ1) is 8.43. The molecule has 18 heavy (non-hydrogen) atoms. The van der Waals surface area contributed by atoms with E-state index >= 15 is 0 Å². The highest BCUT2D eigenvalue weighted by Crippen LogP contribution is 2.13. The molecule has 1 aromatic rings. The van der Waals surface area contributed by atoms with Crippen molar-refractivity contribution in [1.82, 2.24) is 9.88 Å². The van der Waals surface area contributed by atoms with Crippen LogP contribution in [0.2, 0.25) is 0 Å². The Hall–Kier alpha value is -1.33. The molecule has 0 spiro atoms. The molecule has 0 radical (unpaired) electrons. The molecular formula is C13H23N3O2. The highest BCUT2D eigenvalue weighted by atomic mass is 16.5. The van der Waals surface area contributed by atoms with Crippen molar-refractivity contribution in [2.75, 3.05) is 39.1 Å². The molecule has 0 aliphatic heterocycles. The van der Waals surface area contributed by atoms with Gasteiger partial charge in [-0.15, -0.1) is 0 Å². The summed E-state index contributed by atoms with van der Waals surface area (Å²) >= 11 is 0. The van der Waals surface area contributed by atoms with E-state index in [0.717, 1.165) is 0 Å². The van der Waals surface area contributed by atoms with E-state index in [4.69, 9.17) is 4.74 Å². The second-order valence-electron chi connectivity index (χ2n) is 4.88. The number of nitrogens with one attached hydrogen (secondary N) is 1. The highest BCUT2D eigenvalue weighted by molar-refractivity contribution is 5.37. The molecule has 1 rings (SSSR count). The minimum absolute atomic E-state index is 0.438. The minimum Gasteiger partial charge on any atom is -0.478 e. The lowest BCUT2D eigenvalue weighted by Gasteiger charge is -2.27. The van der Waals surface area contributed by atoms with Crippen molar-refractivity contribution in [2.45, 2.75) is 19.4 Å². The fourth-order valence-electron chi connectivity index (χ4n) is 1.76. The standard InChI is InChI=1S/C13H23N3O2/c1-5-18-12-8-6-7-11(15-12)14-9-13(2,17)10-16(3)4/h6-8,17H,5,9-10H2,1-4H3,(H,14,15). The number of rotatable bonds is 7.